The fourth-order valence-corrected chi connectivity index (χ4v) is 7.71. The Hall–Kier alpha value is -6.70. The number of rotatable bonds is 5. The number of hydrogen-bond acceptors (Lipinski definition) is 1. The van der Waals surface area contributed by atoms with Crippen molar-refractivity contribution in [2.24, 2.45) is 0 Å². The Morgan fingerprint density at radius 1 is 0.353 bits per heavy atom. The molecule has 10 rings (SSSR count). The van der Waals surface area contributed by atoms with Crippen molar-refractivity contribution in [3.63, 3.8) is 0 Å². The molecule has 0 aliphatic carbocycles. The van der Waals surface area contributed by atoms with E-state index in [-0.39, 0.29) is 29.7 Å². The van der Waals surface area contributed by atoms with Crippen molar-refractivity contribution in [1.82, 2.24) is 0 Å². The maximum absolute atomic E-state index is 8.71. The zero-order valence-corrected chi connectivity index (χ0v) is 27.5. The van der Waals surface area contributed by atoms with Crippen LogP contribution < -0.4 is 0 Å². The summed E-state index contributed by atoms with van der Waals surface area (Å²) in [5.41, 5.74) is 10.6. The molecule has 1 heteroatoms. The molecule has 0 bridgehead atoms. The van der Waals surface area contributed by atoms with Crippen LogP contribution in [-0.4, -0.2) is 0 Å². The molecule has 0 aliphatic heterocycles. The first-order valence-electron chi connectivity index (χ1n) is 19.6. The number of fused-ring (bicyclic) bond motifs is 5. The van der Waals surface area contributed by atoms with Gasteiger partial charge in [-0.2, -0.15) is 0 Å². The van der Waals surface area contributed by atoms with Crippen LogP contribution in [0.25, 0.3) is 99.1 Å². The van der Waals surface area contributed by atoms with Crippen molar-refractivity contribution < 1.29 is 11.3 Å². The fraction of sp³-hybridized carbons (Fsp3) is 0. The van der Waals surface area contributed by atoms with Gasteiger partial charge in [0.1, 0.15) is 11.2 Å². The van der Waals surface area contributed by atoms with Gasteiger partial charge in [-0.15, -0.1) is 0 Å². The van der Waals surface area contributed by atoms with Gasteiger partial charge in [0, 0.05) is 16.3 Å². The fourth-order valence-electron chi connectivity index (χ4n) is 7.71. The normalized spacial score (nSPS) is 12.9. The van der Waals surface area contributed by atoms with Gasteiger partial charge in [-0.05, 0) is 89.8 Å². The van der Waals surface area contributed by atoms with E-state index in [0.717, 1.165) is 60.3 Å². The highest BCUT2D eigenvalue weighted by Gasteiger charge is 2.20. The van der Waals surface area contributed by atoms with Crippen LogP contribution in [0.15, 0.2) is 198 Å². The van der Waals surface area contributed by atoms with E-state index in [1.54, 1.807) is 6.07 Å². The summed E-state index contributed by atoms with van der Waals surface area (Å²) >= 11 is 0. The van der Waals surface area contributed by atoms with E-state index in [9.17, 15) is 0 Å². The molecular weight excluding hydrogens is 617 g/mol. The maximum Gasteiger partial charge on any atom is 0.143 e. The van der Waals surface area contributed by atoms with Crippen molar-refractivity contribution in [3.05, 3.63) is 194 Å². The minimum Gasteiger partial charge on any atom is -0.455 e. The van der Waals surface area contributed by atoms with Crippen molar-refractivity contribution in [2.45, 2.75) is 0 Å². The average Bonchev–Trinajstić information content (AvgIpc) is 3.64. The number of benzene rings is 9. The lowest BCUT2D eigenvalue weighted by Crippen LogP contribution is -1.92. The third kappa shape index (κ3) is 4.86. The topological polar surface area (TPSA) is 13.1 Å². The molecule has 0 aliphatic rings. The molecule has 0 saturated carbocycles. The lowest BCUT2D eigenvalue weighted by atomic mass is 9.83. The predicted molar refractivity (Wildman–Crippen MR) is 216 cm³/mol. The molecule has 1 heterocycles. The van der Waals surface area contributed by atoms with E-state index in [4.69, 9.17) is 11.3 Å². The van der Waals surface area contributed by atoms with Gasteiger partial charge >= 0.3 is 0 Å². The van der Waals surface area contributed by atoms with Crippen LogP contribution in [0.4, 0.5) is 0 Å². The number of para-hydroxylation sites is 1. The summed E-state index contributed by atoms with van der Waals surface area (Å²) in [7, 11) is 0. The monoisotopic (exact) mass is 653 g/mol. The van der Waals surface area contributed by atoms with E-state index < -0.39 is 6.04 Å². The Balaban J connectivity index is 1.27. The van der Waals surface area contributed by atoms with Crippen molar-refractivity contribution in [1.29, 1.82) is 0 Å². The van der Waals surface area contributed by atoms with E-state index in [2.05, 4.69) is 127 Å². The van der Waals surface area contributed by atoms with Gasteiger partial charge < -0.3 is 4.42 Å². The highest BCUT2D eigenvalue weighted by molar-refractivity contribution is 6.23. The molecule has 1 aromatic heterocycles. The molecule has 0 radical (unpaired) electrons. The zero-order chi connectivity index (χ0) is 38.1. The van der Waals surface area contributed by atoms with Gasteiger partial charge in [0.2, 0.25) is 0 Å². The first-order valence-corrected chi connectivity index (χ1v) is 17.1. The van der Waals surface area contributed by atoms with Crippen molar-refractivity contribution >= 4 is 43.5 Å². The van der Waals surface area contributed by atoms with Crippen LogP contribution in [0.3, 0.4) is 0 Å². The lowest BCUT2D eigenvalue weighted by Gasteiger charge is -2.20. The van der Waals surface area contributed by atoms with Gasteiger partial charge in [0.05, 0.1) is 6.85 Å². The van der Waals surface area contributed by atoms with Gasteiger partial charge in [-0.3, -0.25) is 0 Å². The molecule has 0 fully saturated rings. The SMILES string of the molecule is [2H]c1c([2H])c([2H])c(-c2cccc3c2oc2cccc(-c4ccc5c(-c6ccccc6)c6cc(-c7ccccc7)ccc6c(-c6ccccc6)c5c4)c23)c([2H])c1[2H]. The Morgan fingerprint density at radius 3 is 1.55 bits per heavy atom. The Kier molecular flexibility index (Phi) is 5.76. The van der Waals surface area contributed by atoms with Gasteiger partial charge in [0.25, 0.3) is 0 Å². The van der Waals surface area contributed by atoms with Crippen LogP contribution >= 0.6 is 0 Å². The third-order valence-electron chi connectivity index (χ3n) is 9.95. The molecule has 10 aromatic rings. The molecule has 0 amide bonds. The standard InChI is InChI=1S/C50H32O/c1-5-15-33(16-6-1)37-27-29-41-44(31-37)47(35-19-9-3-10-20-35)42-30-28-38(32-45(42)48(41)36-21-11-4-12-22-36)39-23-14-26-46-49(39)43-25-13-24-40(50(43)51-46)34-17-7-2-8-18-34/h1-32H/i2D,7D,8D,17D,18D. The van der Waals surface area contributed by atoms with E-state index in [1.807, 2.05) is 30.3 Å². The minimum absolute atomic E-state index is 0.121. The van der Waals surface area contributed by atoms with Gasteiger partial charge in [-0.1, -0.05) is 176 Å². The highest BCUT2D eigenvalue weighted by Crippen LogP contribution is 2.47. The molecule has 51 heavy (non-hydrogen) atoms. The van der Waals surface area contributed by atoms with Crippen LogP contribution in [0.2, 0.25) is 0 Å². The van der Waals surface area contributed by atoms with Crippen LogP contribution in [0.1, 0.15) is 6.85 Å². The molecule has 1 nitrogen and oxygen atoms in total. The van der Waals surface area contributed by atoms with E-state index >= 15 is 0 Å². The van der Waals surface area contributed by atoms with Crippen molar-refractivity contribution in [3.8, 4) is 55.6 Å². The summed E-state index contributed by atoms with van der Waals surface area (Å²) in [6.45, 7) is 0. The van der Waals surface area contributed by atoms with Crippen molar-refractivity contribution in [2.75, 3.05) is 0 Å². The second-order valence-electron chi connectivity index (χ2n) is 12.8. The number of hydrogen-bond donors (Lipinski definition) is 0. The first kappa shape index (κ1) is 24.4. The van der Waals surface area contributed by atoms with Crippen LogP contribution in [0, 0.1) is 0 Å². The molecule has 0 saturated heterocycles. The predicted octanol–water partition coefficient (Wildman–Crippen LogP) is 14.2. The largest absolute Gasteiger partial charge is 0.455 e. The summed E-state index contributed by atoms with van der Waals surface area (Å²) in [4.78, 5) is 0. The zero-order valence-electron chi connectivity index (χ0n) is 32.5. The van der Waals surface area contributed by atoms with Gasteiger partial charge in [0.15, 0.2) is 0 Å². The molecule has 0 unspecified atom stereocenters. The Labute approximate surface area is 303 Å². The summed E-state index contributed by atoms with van der Waals surface area (Å²) < 4.78 is 48.7. The summed E-state index contributed by atoms with van der Waals surface area (Å²) in [6.07, 6.45) is 0. The Morgan fingerprint density at radius 2 is 0.902 bits per heavy atom. The molecule has 238 valence electrons. The maximum atomic E-state index is 8.71. The smallest absolute Gasteiger partial charge is 0.143 e. The van der Waals surface area contributed by atoms with Gasteiger partial charge in [-0.25, -0.2) is 0 Å². The van der Waals surface area contributed by atoms with E-state index in [1.165, 1.54) is 16.5 Å². The molecule has 0 spiro atoms. The van der Waals surface area contributed by atoms with E-state index in [0.29, 0.717) is 16.7 Å². The second-order valence-corrected chi connectivity index (χ2v) is 12.8. The van der Waals surface area contributed by atoms with Crippen LogP contribution in [0.5, 0.6) is 0 Å². The average molecular weight is 654 g/mol. The molecule has 0 N–H and O–H groups in total. The number of furan rings is 1. The second kappa shape index (κ2) is 12.0. The highest BCUT2D eigenvalue weighted by atomic mass is 16.3. The molecular formula is C50H32O. The lowest BCUT2D eigenvalue weighted by molar-refractivity contribution is 0.670. The molecule has 0 atom stereocenters. The van der Waals surface area contributed by atoms with Crippen LogP contribution in [-0.2, 0) is 0 Å². The quantitative estimate of drug-likeness (QED) is 0.169. The minimum atomic E-state index is -0.422. The first-order chi connectivity index (χ1) is 27.4. The summed E-state index contributed by atoms with van der Waals surface area (Å²) in [5, 5.41) is 6.31. The third-order valence-corrected chi connectivity index (χ3v) is 9.95. The summed E-state index contributed by atoms with van der Waals surface area (Å²) in [5.74, 6) is 0. The molecule has 9 aromatic carbocycles. The summed E-state index contributed by atoms with van der Waals surface area (Å²) in [6, 6.07) is 55.2. The Bertz CT molecular complexity index is 3140.